The molecule has 0 saturated heterocycles. The molecule has 0 aliphatic heterocycles. The number of aryl methyl sites for hydroxylation is 1. The lowest BCUT2D eigenvalue weighted by atomic mass is 9.82. The van der Waals surface area contributed by atoms with E-state index in [9.17, 15) is 10.2 Å². The summed E-state index contributed by atoms with van der Waals surface area (Å²) in [7, 11) is 0. The van der Waals surface area contributed by atoms with Crippen LogP contribution in [-0.4, -0.2) is 10.2 Å². The molecule has 0 unspecified atom stereocenters. The summed E-state index contributed by atoms with van der Waals surface area (Å²) in [6, 6.07) is 3.69. The summed E-state index contributed by atoms with van der Waals surface area (Å²) in [5, 5.41) is 19.9. The minimum atomic E-state index is -0.952. The Morgan fingerprint density at radius 3 is 2.47 bits per heavy atom. The molecule has 2 heteroatoms. The second-order valence-electron chi connectivity index (χ2n) is 4.86. The first kappa shape index (κ1) is 10.5. The summed E-state index contributed by atoms with van der Waals surface area (Å²) in [4.78, 5) is 0. The van der Waals surface area contributed by atoms with Crippen molar-refractivity contribution in [3.63, 3.8) is 0 Å². The number of hydrogen-bond acceptors (Lipinski definition) is 2. The molecule has 2 nitrogen and oxygen atoms in total. The fourth-order valence-electron chi connectivity index (χ4n) is 2.50. The number of phenolic OH excluding ortho intramolecular Hbond substituents is 1. The lowest BCUT2D eigenvalue weighted by Crippen LogP contribution is -2.20. The summed E-state index contributed by atoms with van der Waals surface area (Å²) in [5.74, 6) is 0.225. The molecule has 0 amide bonds. The van der Waals surface area contributed by atoms with E-state index in [1.165, 1.54) is 12.0 Å². The third-order valence-corrected chi connectivity index (χ3v) is 3.12. The highest BCUT2D eigenvalue weighted by atomic mass is 16.3. The van der Waals surface area contributed by atoms with Crippen molar-refractivity contribution in [2.24, 2.45) is 0 Å². The molecule has 1 aromatic carbocycles. The maximum atomic E-state index is 10.1. The Balaban J connectivity index is 2.60. The van der Waals surface area contributed by atoms with Gasteiger partial charge in [-0.3, -0.25) is 0 Å². The fraction of sp³-hybridized carbons (Fsp3) is 0.538. The van der Waals surface area contributed by atoms with Crippen LogP contribution in [0.15, 0.2) is 12.1 Å². The van der Waals surface area contributed by atoms with E-state index in [0.29, 0.717) is 0 Å². The summed E-state index contributed by atoms with van der Waals surface area (Å²) in [5.41, 5.74) is 2.22. The molecule has 0 heterocycles. The van der Waals surface area contributed by atoms with E-state index < -0.39 is 5.60 Å². The van der Waals surface area contributed by atoms with Gasteiger partial charge >= 0.3 is 0 Å². The van der Waals surface area contributed by atoms with E-state index in [1.807, 2.05) is 6.07 Å². The predicted molar refractivity (Wildman–Crippen MR) is 60.0 cm³/mol. The molecule has 0 aromatic heterocycles. The Morgan fingerprint density at radius 2 is 1.80 bits per heavy atom. The van der Waals surface area contributed by atoms with E-state index >= 15 is 0 Å². The number of aliphatic hydroxyl groups is 1. The van der Waals surface area contributed by atoms with Crippen molar-refractivity contribution >= 4 is 0 Å². The molecule has 2 rings (SSSR count). The summed E-state index contributed by atoms with van der Waals surface area (Å²) in [6.07, 6.45) is 4.41. The summed E-state index contributed by atoms with van der Waals surface area (Å²) >= 11 is 0. The third-order valence-electron chi connectivity index (χ3n) is 3.12. The SMILES string of the molecule is CC(C)(O)c1c(O)ccc2c1CCCC2. The molecule has 2 N–H and O–H groups in total. The Kier molecular flexibility index (Phi) is 2.47. The molecule has 1 aromatic rings. The lowest BCUT2D eigenvalue weighted by molar-refractivity contribution is 0.0745. The van der Waals surface area contributed by atoms with E-state index in [1.54, 1.807) is 19.9 Å². The number of hydrogen-bond donors (Lipinski definition) is 2. The van der Waals surface area contributed by atoms with E-state index in [4.69, 9.17) is 0 Å². The van der Waals surface area contributed by atoms with Gasteiger partial charge in [0.1, 0.15) is 5.75 Å². The van der Waals surface area contributed by atoms with Crippen molar-refractivity contribution in [1.29, 1.82) is 0 Å². The monoisotopic (exact) mass is 206 g/mol. The van der Waals surface area contributed by atoms with Gasteiger partial charge in [0.2, 0.25) is 0 Å². The van der Waals surface area contributed by atoms with Crippen molar-refractivity contribution in [1.82, 2.24) is 0 Å². The van der Waals surface area contributed by atoms with E-state index in [0.717, 1.165) is 30.4 Å². The zero-order chi connectivity index (χ0) is 11.1. The molecule has 15 heavy (non-hydrogen) atoms. The quantitative estimate of drug-likeness (QED) is 0.741. The van der Waals surface area contributed by atoms with E-state index in [-0.39, 0.29) is 5.75 Å². The second kappa shape index (κ2) is 3.53. The van der Waals surface area contributed by atoms with Gasteiger partial charge in [0.05, 0.1) is 5.60 Å². The van der Waals surface area contributed by atoms with Crippen LogP contribution in [0.1, 0.15) is 43.4 Å². The van der Waals surface area contributed by atoms with Crippen LogP contribution in [-0.2, 0) is 18.4 Å². The van der Waals surface area contributed by atoms with Crippen LogP contribution < -0.4 is 0 Å². The topological polar surface area (TPSA) is 40.5 Å². The van der Waals surface area contributed by atoms with Crippen LogP contribution in [0.2, 0.25) is 0 Å². The van der Waals surface area contributed by atoms with Gasteiger partial charge in [-0.05, 0) is 56.7 Å². The van der Waals surface area contributed by atoms with Crippen LogP contribution in [0, 0.1) is 0 Å². The first-order valence-corrected chi connectivity index (χ1v) is 5.57. The number of aromatic hydroxyl groups is 1. The molecule has 1 aliphatic rings. The Bertz CT molecular complexity index is 375. The van der Waals surface area contributed by atoms with E-state index in [2.05, 4.69) is 0 Å². The standard InChI is InChI=1S/C13H18O2/c1-13(2,15)12-10-6-4-3-5-9(10)7-8-11(12)14/h7-8,14-15H,3-6H2,1-2H3. The fourth-order valence-corrected chi connectivity index (χ4v) is 2.50. The molecule has 0 bridgehead atoms. The lowest BCUT2D eigenvalue weighted by Gasteiger charge is -2.27. The van der Waals surface area contributed by atoms with Gasteiger partial charge in [0.25, 0.3) is 0 Å². The van der Waals surface area contributed by atoms with Crippen molar-refractivity contribution in [2.45, 2.75) is 45.1 Å². The van der Waals surface area contributed by atoms with Gasteiger partial charge in [0.15, 0.2) is 0 Å². The average Bonchev–Trinajstić information content (AvgIpc) is 2.15. The molecule has 82 valence electrons. The Hall–Kier alpha value is -1.02. The minimum absolute atomic E-state index is 0.225. The zero-order valence-corrected chi connectivity index (χ0v) is 9.38. The summed E-state index contributed by atoms with van der Waals surface area (Å²) < 4.78 is 0. The number of fused-ring (bicyclic) bond motifs is 1. The van der Waals surface area contributed by atoms with Gasteiger partial charge in [-0.15, -0.1) is 0 Å². The van der Waals surface area contributed by atoms with Crippen molar-refractivity contribution < 1.29 is 10.2 Å². The highest BCUT2D eigenvalue weighted by Crippen LogP contribution is 2.37. The average molecular weight is 206 g/mol. The second-order valence-corrected chi connectivity index (χ2v) is 4.86. The third kappa shape index (κ3) is 1.86. The zero-order valence-electron chi connectivity index (χ0n) is 9.38. The molecule has 0 radical (unpaired) electrons. The van der Waals surface area contributed by atoms with Crippen molar-refractivity contribution in [2.75, 3.05) is 0 Å². The van der Waals surface area contributed by atoms with Crippen molar-refractivity contribution in [3.8, 4) is 5.75 Å². The van der Waals surface area contributed by atoms with Crippen LogP contribution in [0.4, 0.5) is 0 Å². The number of phenols is 1. The maximum absolute atomic E-state index is 10.1. The van der Waals surface area contributed by atoms with Crippen LogP contribution in [0.5, 0.6) is 5.75 Å². The minimum Gasteiger partial charge on any atom is -0.508 e. The molecular weight excluding hydrogens is 188 g/mol. The molecule has 0 spiro atoms. The van der Waals surface area contributed by atoms with Gasteiger partial charge in [-0.2, -0.15) is 0 Å². The summed E-state index contributed by atoms with van der Waals surface area (Å²) in [6.45, 7) is 3.47. The maximum Gasteiger partial charge on any atom is 0.121 e. The number of benzene rings is 1. The van der Waals surface area contributed by atoms with Crippen molar-refractivity contribution in [3.05, 3.63) is 28.8 Å². The molecular formula is C13H18O2. The number of rotatable bonds is 1. The molecule has 0 saturated carbocycles. The smallest absolute Gasteiger partial charge is 0.121 e. The largest absolute Gasteiger partial charge is 0.508 e. The molecule has 0 fully saturated rings. The Labute approximate surface area is 90.6 Å². The first-order valence-electron chi connectivity index (χ1n) is 5.57. The first-order chi connectivity index (χ1) is 7.00. The highest BCUT2D eigenvalue weighted by molar-refractivity contribution is 5.48. The van der Waals surface area contributed by atoms with Crippen LogP contribution in [0.3, 0.4) is 0 Å². The Morgan fingerprint density at radius 1 is 1.13 bits per heavy atom. The van der Waals surface area contributed by atoms with Gasteiger partial charge in [0, 0.05) is 5.56 Å². The van der Waals surface area contributed by atoms with Crippen LogP contribution >= 0.6 is 0 Å². The molecule has 1 aliphatic carbocycles. The van der Waals surface area contributed by atoms with Gasteiger partial charge < -0.3 is 10.2 Å². The van der Waals surface area contributed by atoms with Gasteiger partial charge in [-0.25, -0.2) is 0 Å². The predicted octanol–water partition coefficient (Wildman–Crippen LogP) is 2.50. The van der Waals surface area contributed by atoms with Gasteiger partial charge in [-0.1, -0.05) is 6.07 Å². The normalized spacial score (nSPS) is 16.2. The molecule has 0 atom stereocenters. The highest BCUT2D eigenvalue weighted by Gasteiger charge is 2.26. The van der Waals surface area contributed by atoms with Crippen LogP contribution in [0.25, 0.3) is 0 Å².